The third-order valence-corrected chi connectivity index (χ3v) is 5.67. The molecule has 3 aromatic rings. The molecule has 0 saturated heterocycles. The van der Waals surface area contributed by atoms with E-state index in [0.717, 1.165) is 22.2 Å². The fourth-order valence-corrected chi connectivity index (χ4v) is 4.68. The molecule has 0 fully saturated rings. The highest BCUT2D eigenvalue weighted by molar-refractivity contribution is 7.18. The first kappa shape index (κ1) is 18.6. The van der Waals surface area contributed by atoms with Gasteiger partial charge in [0.25, 0.3) is 0 Å². The van der Waals surface area contributed by atoms with Crippen molar-refractivity contribution in [2.75, 3.05) is 0 Å². The summed E-state index contributed by atoms with van der Waals surface area (Å²) in [5, 5.41) is 5.41. The molecule has 0 radical (unpaired) electrons. The number of rotatable bonds is 5. The maximum Gasteiger partial charge on any atom is 0.352 e. The van der Waals surface area contributed by atoms with Crippen LogP contribution in [0.3, 0.4) is 0 Å². The van der Waals surface area contributed by atoms with E-state index in [2.05, 4.69) is 23.9 Å². The Labute approximate surface area is 156 Å². The minimum Gasteiger partial charge on any atom is -0.336 e. The van der Waals surface area contributed by atoms with Crippen LogP contribution in [0.5, 0.6) is 0 Å². The number of aryl methyl sites for hydroxylation is 2. The van der Waals surface area contributed by atoms with Gasteiger partial charge in [-0.05, 0) is 46.6 Å². The van der Waals surface area contributed by atoms with E-state index in [1.807, 2.05) is 27.7 Å². The number of amides is 1. The van der Waals surface area contributed by atoms with Gasteiger partial charge in [-0.3, -0.25) is 4.79 Å². The van der Waals surface area contributed by atoms with Crippen molar-refractivity contribution in [1.82, 2.24) is 24.1 Å². The van der Waals surface area contributed by atoms with Crippen LogP contribution in [0, 0.1) is 6.92 Å². The molecular weight excluding hydrogens is 350 g/mol. The normalized spacial score (nSPS) is 12.0. The molecule has 3 rings (SSSR count). The van der Waals surface area contributed by atoms with Gasteiger partial charge in [0, 0.05) is 17.0 Å². The molecule has 0 spiro atoms. The zero-order valence-corrected chi connectivity index (χ0v) is 16.9. The number of thiophene rings is 1. The van der Waals surface area contributed by atoms with E-state index in [-0.39, 0.29) is 30.2 Å². The molecule has 3 heterocycles. The van der Waals surface area contributed by atoms with E-state index in [9.17, 15) is 9.59 Å². The van der Waals surface area contributed by atoms with Gasteiger partial charge < -0.3 is 4.90 Å². The summed E-state index contributed by atoms with van der Waals surface area (Å²) < 4.78 is 2.69. The molecule has 26 heavy (non-hydrogen) atoms. The van der Waals surface area contributed by atoms with Crippen LogP contribution in [0.25, 0.3) is 15.9 Å². The average molecular weight is 375 g/mol. The van der Waals surface area contributed by atoms with Gasteiger partial charge in [0.2, 0.25) is 5.91 Å². The van der Waals surface area contributed by atoms with Crippen LogP contribution in [0.2, 0.25) is 0 Å². The van der Waals surface area contributed by atoms with Crippen LogP contribution in [-0.2, 0) is 17.8 Å². The fraction of sp³-hybridized carbons (Fsp3) is 0.556. The van der Waals surface area contributed by atoms with Crippen LogP contribution in [0.4, 0.5) is 0 Å². The Bertz CT molecular complexity index is 1020. The quantitative estimate of drug-likeness (QED) is 0.687. The molecule has 0 aliphatic heterocycles. The molecule has 7 nitrogen and oxygen atoms in total. The highest BCUT2D eigenvalue weighted by atomic mass is 32.1. The van der Waals surface area contributed by atoms with Gasteiger partial charge in [-0.25, -0.2) is 18.9 Å². The van der Waals surface area contributed by atoms with E-state index in [1.165, 1.54) is 20.3 Å². The first-order chi connectivity index (χ1) is 12.3. The molecule has 8 heteroatoms. The topological polar surface area (TPSA) is 72.5 Å². The minimum atomic E-state index is -0.332. The van der Waals surface area contributed by atoms with E-state index < -0.39 is 0 Å². The molecule has 0 aliphatic carbocycles. The summed E-state index contributed by atoms with van der Waals surface area (Å²) in [5.41, 5.74) is 1.41. The van der Waals surface area contributed by atoms with Gasteiger partial charge in [-0.1, -0.05) is 6.92 Å². The summed E-state index contributed by atoms with van der Waals surface area (Å²) in [5.74, 6) is -0.109. The number of aromatic nitrogens is 4. The molecular formula is C18H25N5O2S. The molecule has 0 bridgehead atoms. The monoisotopic (exact) mass is 375 g/mol. The van der Waals surface area contributed by atoms with Gasteiger partial charge in [0.05, 0.1) is 5.39 Å². The second-order valence-electron chi connectivity index (χ2n) is 7.04. The zero-order chi connectivity index (χ0) is 19.2. The van der Waals surface area contributed by atoms with Gasteiger partial charge in [-0.15, -0.1) is 16.4 Å². The van der Waals surface area contributed by atoms with Crippen molar-refractivity contribution < 1.29 is 4.79 Å². The molecule has 0 saturated carbocycles. The highest BCUT2D eigenvalue weighted by Gasteiger charge is 2.23. The van der Waals surface area contributed by atoms with Crippen molar-refractivity contribution in [2.24, 2.45) is 0 Å². The van der Waals surface area contributed by atoms with Crippen LogP contribution >= 0.6 is 11.3 Å². The molecule has 140 valence electrons. The Hall–Kier alpha value is -2.22. The number of carbonyl (C=O) groups is 1. The number of fused-ring (bicyclic) bond motifs is 3. The van der Waals surface area contributed by atoms with Crippen molar-refractivity contribution in [1.29, 1.82) is 0 Å². The van der Waals surface area contributed by atoms with Gasteiger partial charge >= 0.3 is 5.69 Å². The van der Waals surface area contributed by atoms with E-state index in [4.69, 9.17) is 0 Å². The molecule has 0 aromatic carbocycles. The number of hydrogen-bond acceptors (Lipinski definition) is 5. The number of hydrogen-bond donors (Lipinski definition) is 0. The Morgan fingerprint density at radius 2 is 1.92 bits per heavy atom. The van der Waals surface area contributed by atoms with Crippen molar-refractivity contribution in [2.45, 2.75) is 66.6 Å². The molecule has 0 atom stereocenters. The smallest absolute Gasteiger partial charge is 0.336 e. The maximum absolute atomic E-state index is 12.7. The predicted molar refractivity (Wildman–Crippen MR) is 104 cm³/mol. The highest BCUT2D eigenvalue weighted by Crippen LogP contribution is 2.31. The minimum absolute atomic E-state index is 0.0647. The lowest BCUT2D eigenvalue weighted by atomic mass is 10.1. The van der Waals surface area contributed by atoms with Crippen LogP contribution in [0.1, 0.15) is 45.1 Å². The first-order valence-corrected chi connectivity index (χ1v) is 9.75. The Morgan fingerprint density at radius 3 is 2.50 bits per heavy atom. The first-order valence-electron chi connectivity index (χ1n) is 8.93. The summed E-state index contributed by atoms with van der Waals surface area (Å²) >= 11 is 1.61. The Morgan fingerprint density at radius 1 is 1.27 bits per heavy atom. The molecule has 0 N–H and O–H groups in total. The van der Waals surface area contributed by atoms with Crippen molar-refractivity contribution in [3.8, 4) is 0 Å². The van der Waals surface area contributed by atoms with E-state index >= 15 is 0 Å². The maximum atomic E-state index is 12.7. The third-order valence-electron chi connectivity index (χ3n) is 4.61. The second-order valence-corrected chi connectivity index (χ2v) is 8.24. The van der Waals surface area contributed by atoms with Gasteiger partial charge in [0.15, 0.2) is 5.65 Å². The van der Waals surface area contributed by atoms with E-state index in [1.54, 1.807) is 16.2 Å². The molecule has 0 aliphatic rings. The van der Waals surface area contributed by atoms with Crippen molar-refractivity contribution in [3.05, 3.63) is 27.3 Å². The zero-order valence-electron chi connectivity index (χ0n) is 16.1. The third kappa shape index (κ3) is 2.92. The summed E-state index contributed by atoms with van der Waals surface area (Å²) in [7, 11) is 0. The van der Waals surface area contributed by atoms with Crippen LogP contribution in [-0.4, -0.2) is 42.1 Å². The largest absolute Gasteiger partial charge is 0.352 e. The summed E-state index contributed by atoms with van der Waals surface area (Å²) in [6.07, 6.45) is 2.35. The lowest BCUT2D eigenvalue weighted by molar-refractivity contribution is -0.135. The molecule has 1 amide bonds. The number of nitrogens with zero attached hydrogens (tertiary/aromatic N) is 5. The Balaban J connectivity index is 2.11. The number of carbonyl (C=O) groups excluding carboxylic acids is 1. The van der Waals surface area contributed by atoms with Gasteiger partial charge in [0.1, 0.15) is 17.7 Å². The van der Waals surface area contributed by atoms with Gasteiger partial charge in [-0.2, -0.15) is 0 Å². The van der Waals surface area contributed by atoms with Crippen molar-refractivity contribution >= 4 is 33.1 Å². The summed E-state index contributed by atoms with van der Waals surface area (Å²) in [6.45, 7) is 12.0. The standard InChI is InChI=1S/C18H25N5O2S/c1-7-13-12(6)26-17-15(13)16-20-22(18(25)21(16)9-19-17)8-14(24)23(10(2)3)11(4)5/h9-11H,7-8H2,1-6H3. The summed E-state index contributed by atoms with van der Waals surface area (Å²) in [4.78, 5) is 33.7. The summed E-state index contributed by atoms with van der Waals surface area (Å²) in [6, 6.07) is 0.129. The van der Waals surface area contributed by atoms with Crippen LogP contribution < -0.4 is 5.69 Å². The van der Waals surface area contributed by atoms with Crippen molar-refractivity contribution in [3.63, 3.8) is 0 Å². The lowest BCUT2D eigenvalue weighted by Crippen LogP contribution is -2.44. The fourth-order valence-electron chi connectivity index (χ4n) is 3.60. The molecule has 0 unspecified atom stereocenters. The Kier molecular flexibility index (Phi) is 4.88. The van der Waals surface area contributed by atoms with E-state index in [0.29, 0.717) is 5.65 Å². The van der Waals surface area contributed by atoms with Crippen LogP contribution in [0.15, 0.2) is 11.1 Å². The second kappa shape index (κ2) is 6.83. The average Bonchev–Trinajstić information content (AvgIpc) is 3.03. The predicted octanol–water partition coefficient (Wildman–Crippen LogP) is 2.62. The molecule has 3 aromatic heterocycles. The SMILES string of the molecule is CCc1c(C)sc2ncn3c(=O)n(CC(=O)N(C(C)C)C(C)C)nc3c12. The lowest BCUT2D eigenvalue weighted by Gasteiger charge is -2.30.